The number of fused-ring (bicyclic) bond motifs is 1. The summed E-state index contributed by atoms with van der Waals surface area (Å²) in [5, 5.41) is 5.24. The molecule has 0 atom stereocenters. The lowest BCUT2D eigenvalue weighted by molar-refractivity contribution is -0.113. The molecular formula is C18H16N2OS. The Bertz CT molecular complexity index is 774. The van der Waals surface area contributed by atoms with Crippen molar-refractivity contribution < 1.29 is 4.79 Å². The molecule has 0 spiro atoms. The third-order valence-corrected chi connectivity index (χ3v) is 4.21. The van der Waals surface area contributed by atoms with Crippen molar-refractivity contribution in [2.24, 2.45) is 0 Å². The number of rotatable bonds is 5. The summed E-state index contributed by atoms with van der Waals surface area (Å²) in [4.78, 5) is 16.2. The summed E-state index contributed by atoms with van der Waals surface area (Å²) in [6, 6.07) is 19.9. The topological polar surface area (TPSA) is 42.0 Å². The second kappa shape index (κ2) is 7.09. The zero-order valence-corrected chi connectivity index (χ0v) is 12.8. The molecule has 0 aliphatic carbocycles. The van der Waals surface area contributed by atoms with Crippen molar-refractivity contribution >= 4 is 34.1 Å². The molecule has 110 valence electrons. The van der Waals surface area contributed by atoms with Crippen LogP contribution in [0.5, 0.6) is 0 Å². The van der Waals surface area contributed by atoms with E-state index in [1.807, 2.05) is 54.6 Å². The number of aromatic nitrogens is 1. The number of benzene rings is 2. The van der Waals surface area contributed by atoms with Gasteiger partial charge in [-0.15, -0.1) is 11.8 Å². The van der Waals surface area contributed by atoms with Gasteiger partial charge in [-0.3, -0.25) is 9.78 Å². The first-order chi connectivity index (χ1) is 10.8. The monoisotopic (exact) mass is 308 g/mol. The minimum Gasteiger partial charge on any atom is -0.325 e. The van der Waals surface area contributed by atoms with Gasteiger partial charge in [-0.25, -0.2) is 0 Å². The summed E-state index contributed by atoms with van der Waals surface area (Å²) >= 11 is 1.56. The fraction of sp³-hybridized carbons (Fsp3) is 0.111. The predicted octanol–water partition coefficient (Wildman–Crippen LogP) is 4.11. The second-order valence-corrected chi connectivity index (χ2v) is 5.91. The molecule has 3 nitrogen and oxygen atoms in total. The van der Waals surface area contributed by atoms with Crippen molar-refractivity contribution in [3.63, 3.8) is 0 Å². The Balaban J connectivity index is 1.54. The van der Waals surface area contributed by atoms with Crippen LogP contribution in [0.4, 0.5) is 5.69 Å². The molecule has 0 radical (unpaired) electrons. The van der Waals surface area contributed by atoms with E-state index in [0.717, 1.165) is 22.5 Å². The fourth-order valence-corrected chi connectivity index (χ4v) is 2.94. The number of hydrogen-bond donors (Lipinski definition) is 1. The molecule has 0 saturated heterocycles. The summed E-state index contributed by atoms with van der Waals surface area (Å²) in [5.41, 5.74) is 1.83. The van der Waals surface area contributed by atoms with Crippen LogP contribution in [0.15, 0.2) is 66.9 Å². The van der Waals surface area contributed by atoms with E-state index in [-0.39, 0.29) is 5.91 Å². The Morgan fingerprint density at radius 1 is 1.00 bits per heavy atom. The quantitative estimate of drug-likeness (QED) is 0.771. The number of carbonyl (C=O) groups is 1. The Hall–Kier alpha value is -2.33. The van der Waals surface area contributed by atoms with Crippen LogP contribution in [0.2, 0.25) is 0 Å². The van der Waals surface area contributed by atoms with Gasteiger partial charge in [0.2, 0.25) is 5.91 Å². The largest absolute Gasteiger partial charge is 0.325 e. The van der Waals surface area contributed by atoms with Gasteiger partial charge in [-0.05, 0) is 35.0 Å². The van der Waals surface area contributed by atoms with Crippen LogP contribution < -0.4 is 5.32 Å². The first kappa shape index (κ1) is 14.6. The van der Waals surface area contributed by atoms with E-state index in [9.17, 15) is 4.79 Å². The lowest BCUT2D eigenvalue weighted by Gasteiger charge is -2.06. The molecule has 1 aromatic heterocycles. The van der Waals surface area contributed by atoms with Gasteiger partial charge in [-0.1, -0.05) is 36.4 Å². The number of anilines is 1. The molecule has 0 aliphatic heterocycles. The van der Waals surface area contributed by atoms with Crippen molar-refractivity contribution in [1.82, 2.24) is 4.98 Å². The van der Waals surface area contributed by atoms with Gasteiger partial charge < -0.3 is 5.32 Å². The average Bonchev–Trinajstić information content (AvgIpc) is 2.56. The maximum absolute atomic E-state index is 12.0. The normalized spacial score (nSPS) is 10.5. The maximum atomic E-state index is 12.0. The number of carbonyl (C=O) groups excluding carboxylic acids is 1. The summed E-state index contributed by atoms with van der Waals surface area (Å²) in [7, 11) is 0. The van der Waals surface area contributed by atoms with Gasteiger partial charge in [0, 0.05) is 17.6 Å². The first-order valence-electron chi connectivity index (χ1n) is 7.07. The molecule has 1 N–H and O–H groups in total. The molecular weight excluding hydrogens is 292 g/mol. The van der Waals surface area contributed by atoms with Gasteiger partial charge in [0.25, 0.3) is 0 Å². The van der Waals surface area contributed by atoms with Crippen LogP contribution in [0, 0.1) is 0 Å². The molecule has 22 heavy (non-hydrogen) atoms. The zero-order chi connectivity index (χ0) is 15.2. The highest BCUT2D eigenvalue weighted by atomic mass is 32.2. The molecule has 0 fully saturated rings. The van der Waals surface area contributed by atoms with Crippen molar-refractivity contribution in [1.29, 1.82) is 0 Å². The standard InChI is InChI=1S/C18H16N2OS/c21-18(13-22-12-17-7-3-4-10-19-17)20-16-9-8-14-5-1-2-6-15(14)11-16/h1-11H,12-13H2,(H,20,21). The molecule has 0 bridgehead atoms. The molecule has 0 unspecified atom stereocenters. The number of pyridine rings is 1. The van der Waals surface area contributed by atoms with Crippen molar-refractivity contribution in [3.8, 4) is 0 Å². The molecule has 3 aromatic rings. The molecule has 3 rings (SSSR count). The SMILES string of the molecule is O=C(CSCc1ccccn1)Nc1ccc2ccccc2c1. The third kappa shape index (κ3) is 3.86. The van der Waals surface area contributed by atoms with Gasteiger partial charge in [0.15, 0.2) is 0 Å². The molecule has 4 heteroatoms. The predicted molar refractivity (Wildman–Crippen MR) is 93.0 cm³/mol. The van der Waals surface area contributed by atoms with E-state index in [2.05, 4.69) is 16.4 Å². The number of hydrogen-bond acceptors (Lipinski definition) is 3. The highest BCUT2D eigenvalue weighted by Crippen LogP contribution is 2.19. The van der Waals surface area contributed by atoms with E-state index in [1.165, 1.54) is 5.39 Å². The van der Waals surface area contributed by atoms with Crippen molar-refractivity contribution in [2.75, 3.05) is 11.1 Å². The maximum Gasteiger partial charge on any atom is 0.234 e. The van der Waals surface area contributed by atoms with Crippen LogP contribution in [0.1, 0.15) is 5.69 Å². The van der Waals surface area contributed by atoms with E-state index in [1.54, 1.807) is 18.0 Å². The minimum atomic E-state index is 0.0104. The van der Waals surface area contributed by atoms with E-state index >= 15 is 0 Å². The summed E-state index contributed by atoms with van der Waals surface area (Å²) in [6.07, 6.45) is 1.77. The molecule has 0 saturated carbocycles. The molecule has 0 aliphatic rings. The number of thioether (sulfide) groups is 1. The number of nitrogens with one attached hydrogen (secondary N) is 1. The van der Waals surface area contributed by atoms with Crippen LogP contribution in [0.25, 0.3) is 10.8 Å². The number of nitrogens with zero attached hydrogens (tertiary/aromatic N) is 1. The van der Waals surface area contributed by atoms with Gasteiger partial charge in [0.1, 0.15) is 0 Å². The highest BCUT2D eigenvalue weighted by molar-refractivity contribution is 7.99. The Morgan fingerprint density at radius 3 is 2.64 bits per heavy atom. The van der Waals surface area contributed by atoms with Gasteiger partial charge in [0.05, 0.1) is 11.4 Å². The Kier molecular flexibility index (Phi) is 4.71. The molecule has 1 heterocycles. The van der Waals surface area contributed by atoms with Crippen LogP contribution in [-0.4, -0.2) is 16.6 Å². The Labute approximate surface area is 133 Å². The van der Waals surface area contributed by atoms with Crippen molar-refractivity contribution in [2.45, 2.75) is 5.75 Å². The minimum absolute atomic E-state index is 0.0104. The molecule has 2 aromatic carbocycles. The lowest BCUT2D eigenvalue weighted by atomic mass is 10.1. The lowest BCUT2D eigenvalue weighted by Crippen LogP contribution is -2.14. The Morgan fingerprint density at radius 2 is 1.82 bits per heavy atom. The van der Waals surface area contributed by atoms with Gasteiger partial charge >= 0.3 is 0 Å². The molecule has 1 amide bonds. The van der Waals surface area contributed by atoms with Gasteiger partial charge in [-0.2, -0.15) is 0 Å². The summed E-state index contributed by atoms with van der Waals surface area (Å²) < 4.78 is 0. The van der Waals surface area contributed by atoms with E-state index < -0.39 is 0 Å². The van der Waals surface area contributed by atoms with E-state index in [4.69, 9.17) is 0 Å². The van der Waals surface area contributed by atoms with Crippen LogP contribution in [-0.2, 0) is 10.5 Å². The average molecular weight is 308 g/mol. The third-order valence-electron chi connectivity index (χ3n) is 3.24. The highest BCUT2D eigenvalue weighted by Gasteiger charge is 2.04. The summed E-state index contributed by atoms with van der Waals surface area (Å²) in [6.45, 7) is 0. The van der Waals surface area contributed by atoms with Crippen LogP contribution >= 0.6 is 11.8 Å². The van der Waals surface area contributed by atoms with Crippen LogP contribution in [0.3, 0.4) is 0 Å². The fourth-order valence-electron chi connectivity index (χ4n) is 2.20. The zero-order valence-electron chi connectivity index (χ0n) is 12.0. The first-order valence-corrected chi connectivity index (χ1v) is 8.23. The smallest absolute Gasteiger partial charge is 0.234 e. The van der Waals surface area contributed by atoms with E-state index in [0.29, 0.717) is 5.75 Å². The second-order valence-electron chi connectivity index (χ2n) is 4.92. The number of amides is 1. The van der Waals surface area contributed by atoms with Crippen molar-refractivity contribution in [3.05, 3.63) is 72.6 Å². The summed E-state index contributed by atoms with van der Waals surface area (Å²) in [5.74, 6) is 1.17.